The van der Waals surface area contributed by atoms with Crippen LogP contribution in [0.4, 0.5) is 5.69 Å². The van der Waals surface area contributed by atoms with Gasteiger partial charge in [0.25, 0.3) is 0 Å². The van der Waals surface area contributed by atoms with Gasteiger partial charge in [0.1, 0.15) is 11.5 Å². The number of methoxy groups -OCH3 is 2. The third-order valence-corrected chi connectivity index (χ3v) is 8.22. The highest BCUT2D eigenvalue weighted by Crippen LogP contribution is 2.42. The second-order valence-electron chi connectivity index (χ2n) is 10.4. The summed E-state index contributed by atoms with van der Waals surface area (Å²) in [6, 6.07) is 14.0. The SMILES string of the molecule is COc1cccc(OC)c1C1CCN(C(=O)C2CN(CC(=O)N3CCN(C)CC3)c3ccccc32)CC1. The number of likely N-dealkylation sites (N-methyl/N-ethyl adjacent to an activating group) is 1. The lowest BCUT2D eigenvalue weighted by molar-refractivity contribution is -0.134. The Morgan fingerprint density at radius 1 is 0.838 bits per heavy atom. The van der Waals surface area contributed by atoms with Gasteiger partial charge in [0, 0.05) is 57.1 Å². The Morgan fingerprint density at radius 3 is 2.14 bits per heavy atom. The number of piperazine rings is 1. The van der Waals surface area contributed by atoms with Gasteiger partial charge in [-0.05, 0) is 49.6 Å². The Bertz CT molecular complexity index is 1100. The van der Waals surface area contributed by atoms with Crippen LogP contribution in [0.3, 0.4) is 0 Å². The lowest BCUT2D eigenvalue weighted by atomic mass is 9.87. The van der Waals surface area contributed by atoms with Gasteiger partial charge in [-0.3, -0.25) is 9.59 Å². The Balaban J connectivity index is 1.25. The van der Waals surface area contributed by atoms with E-state index in [4.69, 9.17) is 9.47 Å². The average Bonchev–Trinajstić information content (AvgIpc) is 3.30. The fraction of sp³-hybridized carbons (Fsp3) is 0.517. The monoisotopic (exact) mass is 506 g/mol. The van der Waals surface area contributed by atoms with Crippen LogP contribution in [0.15, 0.2) is 42.5 Å². The molecule has 2 aromatic carbocycles. The molecule has 2 aromatic rings. The predicted octanol–water partition coefficient (Wildman–Crippen LogP) is 2.79. The van der Waals surface area contributed by atoms with E-state index in [2.05, 4.69) is 16.8 Å². The number of piperidine rings is 1. The molecule has 3 aliphatic heterocycles. The minimum absolute atomic E-state index is 0.141. The van der Waals surface area contributed by atoms with Gasteiger partial charge in [-0.25, -0.2) is 0 Å². The number of benzene rings is 2. The van der Waals surface area contributed by atoms with Gasteiger partial charge >= 0.3 is 0 Å². The molecule has 1 atom stereocenters. The van der Waals surface area contributed by atoms with Gasteiger partial charge in [-0.1, -0.05) is 24.3 Å². The molecule has 5 rings (SSSR count). The fourth-order valence-electron chi connectivity index (χ4n) is 6.06. The maximum absolute atomic E-state index is 13.8. The summed E-state index contributed by atoms with van der Waals surface area (Å²) in [7, 11) is 5.47. The topological polar surface area (TPSA) is 65.6 Å². The summed E-state index contributed by atoms with van der Waals surface area (Å²) in [6.07, 6.45) is 1.73. The highest BCUT2D eigenvalue weighted by molar-refractivity contribution is 5.90. The number of likely N-dealkylation sites (tertiary alicyclic amines) is 1. The van der Waals surface area contributed by atoms with Crippen LogP contribution in [-0.2, 0) is 9.59 Å². The van der Waals surface area contributed by atoms with Crippen molar-refractivity contribution in [2.75, 3.05) is 78.5 Å². The molecular weight excluding hydrogens is 468 g/mol. The van der Waals surface area contributed by atoms with Crippen molar-refractivity contribution in [3.63, 3.8) is 0 Å². The number of fused-ring (bicyclic) bond motifs is 1. The van der Waals surface area contributed by atoms with Crippen LogP contribution in [0.5, 0.6) is 11.5 Å². The molecule has 2 amide bonds. The normalized spacial score (nSPS) is 20.6. The van der Waals surface area contributed by atoms with Crippen molar-refractivity contribution in [1.29, 1.82) is 0 Å². The van der Waals surface area contributed by atoms with Gasteiger partial charge < -0.3 is 29.1 Å². The Kier molecular flexibility index (Phi) is 7.55. The molecule has 0 saturated carbocycles. The molecule has 0 radical (unpaired) electrons. The molecule has 8 nitrogen and oxygen atoms in total. The number of hydrogen-bond acceptors (Lipinski definition) is 6. The van der Waals surface area contributed by atoms with E-state index in [1.165, 1.54) is 0 Å². The lowest BCUT2D eigenvalue weighted by Gasteiger charge is -2.35. The molecule has 0 aliphatic carbocycles. The first-order valence-electron chi connectivity index (χ1n) is 13.3. The second-order valence-corrected chi connectivity index (χ2v) is 10.4. The summed E-state index contributed by atoms with van der Waals surface area (Å²) in [5, 5.41) is 0. The van der Waals surface area contributed by atoms with Gasteiger partial charge in [0.05, 0.1) is 26.7 Å². The molecule has 1 unspecified atom stereocenters. The second kappa shape index (κ2) is 11.0. The molecule has 0 N–H and O–H groups in total. The zero-order valence-corrected chi connectivity index (χ0v) is 22.2. The van der Waals surface area contributed by atoms with E-state index in [-0.39, 0.29) is 23.7 Å². The number of rotatable bonds is 6. The zero-order valence-electron chi connectivity index (χ0n) is 22.2. The van der Waals surface area contributed by atoms with Crippen molar-refractivity contribution >= 4 is 17.5 Å². The van der Waals surface area contributed by atoms with Crippen LogP contribution in [-0.4, -0.2) is 100 Å². The maximum atomic E-state index is 13.8. The number of nitrogens with zero attached hydrogens (tertiary/aromatic N) is 4. The van der Waals surface area contributed by atoms with Gasteiger partial charge in [0.2, 0.25) is 11.8 Å². The molecule has 2 fully saturated rings. The number of anilines is 1. The van der Waals surface area contributed by atoms with Crippen molar-refractivity contribution in [1.82, 2.24) is 14.7 Å². The van der Waals surface area contributed by atoms with Crippen LogP contribution in [0, 0.1) is 0 Å². The zero-order chi connectivity index (χ0) is 25.9. The van der Waals surface area contributed by atoms with Crippen molar-refractivity contribution in [3.05, 3.63) is 53.6 Å². The highest BCUT2D eigenvalue weighted by atomic mass is 16.5. The predicted molar refractivity (Wildman–Crippen MR) is 144 cm³/mol. The summed E-state index contributed by atoms with van der Waals surface area (Å²) < 4.78 is 11.3. The number of para-hydroxylation sites is 1. The molecule has 0 spiro atoms. The van der Waals surface area contributed by atoms with E-state index in [9.17, 15) is 9.59 Å². The standard InChI is InChI=1S/C29H38N4O4/c1-30-15-17-31(18-16-30)27(34)20-33-19-23(22-7-4-5-8-24(22)33)29(35)32-13-11-21(12-14-32)28-25(36-2)9-6-10-26(28)37-3/h4-10,21,23H,11-20H2,1-3H3. The molecule has 37 heavy (non-hydrogen) atoms. The van der Waals surface area contributed by atoms with E-state index >= 15 is 0 Å². The Hall–Kier alpha value is -3.26. The Labute approximate surface area is 219 Å². The van der Waals surface area contributed by atoms with Crippen molar-refractivity contribution in [2.24, 2.45) is 0 Å². The highest BCUT2D eigenvalue weighted by Gasteiger charge is 2.38. The van der Waals surface area contributed by atoms with E-state index in [0.29, 0.717) is 26.2 Å². The van der Waals surface area contributed by atoms with Gasteiger partial charge in [0.15, 0.2) is 0 Å². The first-order valence-corrected chi connectivity index (χ1v) is 13.3. The summed E-state index contributed by atoms with van der Waals surface area (Å²) in [4.78, 5) is 35.2. The van der Waals surface area contributed by atoms with Crippen molar-refractivity contribution in [2.45, 2.75) is 24.7 Å². The van der Waals surface area contributed by atoms with Gasteiger partial charge in [-0.2, -0.15) is 0 Å². The van der Waals surface area contributed by atoms with Crippen molar-refractivity contribution < 1.29 is 19.1 Å². The first kappa shape index (κ1) is 25.4. The third-order valence-electron chi connectivity index (χ3n) is 8.22. The molecule has 8 heteroatoms. The average molecular weight is 507 g/mol. The van der Waals surface area contributed by atoms with Crippen LogP contribution in [0.25, 0.3) is 0 Å². The summed E-state index contributed by atoms with van der Waals surface area (Å²) >= 11 is 0. The number of hydrogen-bond donors (Lipinski definition) is 0. The van der Waals surface area contributed by atoms with Crippen molar-refractivity contribution in [3.8, 4) is 11.5 Å². The molecular formula is C29H38N4O4. The number of carbonyl (C=O) groups is 2. The fourth-order valence-corrected chi connectivity index (χ4v) is 6.06. The van der Waals surface area contributed by atoms with Gasteiger partial charge in [-0.15, -0.1) is 0 Å². The largest absolute Gasteiger partial charge is 0.496 e. The molecule has 3 heterocycles. The van der Waals surface area contributed by atoms with E-state index < -0.39 is 0 Å². The van der Waals surface area contributed by atoms with Crippen LogP contribution in [0.1, 0.15) is 35.8 Å². The first-order chi connectivity index (χ1) is 18.0. The van der Waals surface area contributed by atoms with E-state index in [1.807, 2.05) is 52.3 Å². The molecule has 198 valence electrons. The summed E-state index contributed by atoms with van der Waals surface area (Å²) in [5.74, 6) is 2.02. The minimum Gasteiger partial charge on any atom is -0.496 e. The molecule has 0 aromatic heterocycles. The smallest absolute Gasteiger partial charge is 0.242 e. The summed E-state index contributed by atoms with van der Waals surface area (Å²) in [5.41, 5.74) is 3.14. The van der Waals surface area contributed by atoms with E-state index in [0.717, 1.165) is 67.3 Å². The minimum atomic E-state index is -0.242. The van der Waals surface area contributed by atoms with Crippen LogP contribution < -0.4 is 14.4 Å². The summed E-state index contributed by atoms with van der Waals surface area (Å²) in [6.45, 7) is 5.60. The molecule has 2 saturated heterocycles. The number of carbonyl (C=O) groups excluding carboxylic acids is 2. The number of ether oxygens (including phenoxy) is 2. The third kappa shape index (κ3) is 5.12. The molecule has 0 bridgehead atoms. The lowest BCUT2D eigenvalue weighted by Crippen LogP contribution is -2.50. The quantitative estimate of drug-likeness (QED) is 0.601. The van der Waals surface area contributed by atoms with Crippen LogP contribution in [0.2, 0.25) is 0 Å². The number of amides is 2. The van der Waals surface area contributed by atoms with E-state index in [1.54, 1.807) is 14.2 Å². The molecule has 3 aliphatic rings. The Morgan fingerprint density at radius 2 is 1.49 bits per heavy atom. The van der Waals surface area contributed by atoms with Crippen LogP contribution >= 0.6 is 0 Å². The maximum Gasteiger partial charge on any atom is 0.242 e.